The average molecular weight is 495 g/mol. The van der Waals surface area contributed by atoms with Crippen LogP contribution in [0.1, 0.15) is 56.9 Å². The topological polar surface area (TPSA) is 72.6 Å². The molecule has 164 valence electrons. The van der Waals surface area contributed by atoms with Crippen molar-refractivity contribution < 1.29 is 14.3 Å². The molecule has 1 aromatic carbocycles. The zero-order valence-corrected chi connectivity index (χ0v) is 20.3. The van der Waals surface area contributed by atoms with Gasteiger partial charge < -0.3 is 15.4 Å². The molecular formula is C23H31BrN2O3S. The first kappa shape index (κ1) is 24.4. The maximum Gasteiger partial charge on any atom is 0.405 e. The molecule has 2 amide bonds. The Morgan fingerprint density at radius 1 is 1.13 bits per heavy atom. The number of carbonyl (C=O) groups excluding carboxylic acids is 2. The number of carbonyl (C=O) groups is 2. The molecular weight excluding hydrogens is 464 g/mol. The van der Waals surface area contributed by atoms with E-state index in [0.717, 1.165) is 34.2 Å². The molecule has 7 heteroatoms. The first-order valence-corrected chi connectivity index (χ1v) is 11.8. The Labute approximate surface area is 191 Å². The Morgan fingerprint density at radius 3 is 2.40 bits per heavy atom. The number of primary amides is 1. The quantitative estimate of drug-likeness (QED) is 0.404. The summed E-state index contributed by atoms with van der Waals surface area (Å²) >= 11 is 5.04. The van der Waals surface area contributed by atoms with Crippen LogP contribution in [0.25, 0.3) is 0 Å². The van der Waals surface area contributed by atoms with Crippen molar-refractivity contribution in [1.29, 1.82) is 0 Å². The van der Waals surface area contributed by atoms with Crippen molar-refractivity contribution in [2.75, 3.05) is 0 Å². The fraction of sp³-hybridized carbons (Fsp3) is 0.478. The van der Waals surface area contributed by atoms with Gasteiger partial charge in [0.25, 0.3) is 5.91 Å². The predicted molar refractivity (Wildman–Crippen MR) is 125 cm³/mol. The third-order valence-corrected chi connectivity index (χ3v) is 6.09. The van der Waals surface area contributed by atoms with Gasteiger partial charge in [-0.1, -0.05) is 61.3 Å². The van der Waals surface area contributed by atoms with E-state index in [1.165, 1.54) is 0 Å². The normalized spacial score (nSPS) is 12.4. The number of amides is 2. The molecule has 1 atom stereocenters. The van der Waals surface area contributed by atoms with Crippen molar-refractivity contribution in [2.24, 2.45) is 11.1 Å². The molecule has 2 aromatic rings. The lowest BCUT2D eigenvalue weighted by Crippen LogP contribution is -2.41. The Hall–Kier alpha value is -1.86. The minimum absolute atomic E-state index is 0.208. The number of hydrogen-bond donors (Lipinski definition) is 1. The molecule has 30 heavy (non-hydrogen) atoms. The molecule has 0 saturated carbocycles. The van der Waals surface area contributed by atoms with Gasteiger partial charge in [-0.15, -0.1) is 11.3 Å². The Morgan fingerprint density at radius 2 is 1.83 bits per heavy atom. The molecule has 1 heterocycles. The molecule has 0 unspecified atom stereocenters. The SMILES string of the molecule is CC(C)(C)CCCC[C@H](OC(N)=O)C(=O)N(Cc1ccc(Br)cc1)Cc1cccs1. The summed E-state index contributed by atoms with van der Waals surface area (Å²) in [6.45, 7) is 7.47. The van der Waals surface area contributed by atoms with Crippen molar-refractivity contribution in [3.63, 3.8) is 0 Å². The molecule has 0 saturated heterocycles. The standard InChI is InChI=1S/C23H31BrN2O3S/c1-23(2,3)13-5-4-8-20(29-22(25)28)21(27)26(16-19-7-6-14-30-19)15-17-9-11-18(24)12-10-17/h6-7,9-12,14,20H,4-5,8,13,15-16H2,1-3H3,(H2,25,28)/t20-/m0/s1. The van der Waals surface area contributed by atoms with Crippen LogP contribution >= 0.6 is 27.3 Å². The van der Waals surface area contributed by atoms with Gasteiger partial charge in [-0.3, -0.25) is 4.79 Å². The maximum absolute atomic E-state index is 13.4. The summed E-state index contributed by atoms with van der Waals surface area (Å²) in [5.41, 5.74) is 6.52. The molecule has 5 nitrogen and oxygen atoms in total. The van der Waals surface area contributed by atoms with Crippen LogP contribution in [0.2, 0.25) is 0 Å². The summed E-state index contributed by atoms with van der Waals surface area (Å²) < 4.78 is 6.23. The van der Waals surface area contributed by atoms with Gasteiger partial charge in [0.15, 0.2) is 6.10 Å². The van der Waals surface area contributed by atoms with E-state index in [2.05, 4.69) is 36.7 Å². The van der Waals surface area contributed by atoms with Crippen LogP contribution in [-0.4, -0.2) is 23.0 Å². The number of unbranched alkanes of at least 4 members (excludes halogenated alkanes) is 1. The van der Waals surface area contributed by atoms with Crippen molar-refractivity contribution in [3.05, 3.63) is 56.7 Å². The lowest BCUT2D eigenvalue weighted by Gasteiger charge is -2.27. The summed E-state index contributed by atoms with van der Waals surface area (Å²) in [7, 11) is 0. The van der Waals surface area contributed by atoms with Gasteiger partial charge in [-0.05, 0) is 53.8 Å². The first-order valence-electron chi connectivity index (χ1n) is 10.2. The molecule has 0 aliphatic heterocycles. The van der Waals surface area contributed by atoms with E-state index in [1.54, 1.807) is 16.2 Å². The zero-order chi connectivity index (χ0) is 22.1. The molecule has 0 spiro atoms. The lowest BCUT2D eigenvalue weighted by molar-refractivity contribution is -0.142. The monoisotopic (exact) mass is 494 g/mol. The molecule has 0 radical (unpaired) electrons. The highest BCUT2D eigenvalue weighted by Gasteiger charge is 2.28. The van der Waals surface area contributed by atoms with E-state index >= 15 is 0 Å². The Kier molecular flexibility index (Phi) is 9.37. The van der Waals surface area contributed by atoms with Gasteiger partial charge in [0, 0.05) is 15.9 Å². The molecule has 0 fully saturated rings. The molecule has 0 aliphatic carbocycles. The van der Waals surface area contributed by atoms with Crippen LogP contribution in [0.4, 0.5) is 4.79 Å². The fourth-order valence-corrected chi connectivity index (χ4v) is 4.16. The summed E-state index contributed by atoms with van der Waals surface area (Å²) in [6, 6.07) is 11.8. The van der Waals surface area contributed by atoms with E-state index in [4.69, 9.17) is 10.5 Å². The smallest absolute Gasteiger partial charge is 0.405 e. The highest BCUT2D eigenvalue weighted by molar-refractivity contribution is 9.10. The number of rotatable bonds is 10. The van der Waals surface area contributed by atoms with Crippen LogP contribution in [0.3, 0.4) is 0 Å². The molecule has 2 N–H and O–H groups in total. The minimum Gasteiger partial charge on any atom is -0.436 e. The number of nitrogens with two attached hydrogens (primary N) is 1. The molecule has 0 bridgehead atoms. The number of halogens is 1. The Bertz CT molecular complexity index is 801. The molecule has 2 rings (SSSR count). The number of thiophene rings is 1. The van der Waals surface area contributed by atoms with Gasteiger partial charge >= 0.3 is 6.09 Å². The third-order valence-electron chi connectivity index (χ3n) is 4.70. The van der Waals surface area contributed by atoms with E-state index in [1.807, 2.05) is 41.8 Å². The van der Waals surface area contributed by atoms with Gasteiger partial charge in [0.05, 0.1) is 6.54 Å². The van der Waals surface area contributed by atoms with E-state index in [9.17, 15) is 9.59 Å². The zero-order valence-electron chi connectivity index (χ0n) is 17.9. The highest BCUT2D eigenvalue weighted by atomic mass is 79.9. The summed E-state index contributed by atoms with van der Waals surface area (Å²) in [5, 5.41) is 1.99. The van der Waals surface area contributed by atoms with Crippen LogP contribution < -0.4 is 5.73 Å². The van der Waals surface area contributed by atoms with Crippen molar-refractivity contribution in [1.82, 2.24) is 4.90 Å². The second kappa shape index (κ2) is 11.5. The summed E-state index contributed by atoms with van der Waals surface area (Å²) in [4.78, 5) is 27.6. The number of ether oxygens (including phenoxy) is 1. The van der Waals surface area contributed by atoms with E-state index in [0.29, 0.717) is 19.5 Å². The number of benzene rings is 1. The van der Waals surface area contributed by atoms with Crippen LogP contribution in [0.5, 0.6) is 0 Å². The van der Waals surface area contributed by atoms with Crippen LogP contribution in [-0.2, 0) is 22.6 Å². The van der Waals surface area contributed by atoms with Gasteiger partial charge in [-0.2, -0.15) is 0 Å². The maximum atomic E-state index is 13.4. The first-order chi connectivity index (χ1) is 14.1. The Balaban J connectivity index is 2.13. The second-order valence-electron chi connectivity index (χ2n) is 8.63. The van der Waals surface area contributed by atoms with Gasteiger partial charge in [0.2, 0.25) is 0 Å². The van der Waals surface area contributed by atoms with E-state index < -0.39 is 12.2 Å². The highest BCUT2D eigenvalue weighted by Crippen LogP contribution is 2.24. The predicted octanol–water partition coefficient (Wildman–Crippen LogP) is 6.11. The summed E-state index contributed by atoms with van der Waals surface area (Å²) in [5.74, 6) is -0.208. The third kappa shape index (κ3) is 8.88. The van der Waals surface area contributed by atoms with Crippen molar-refractivity contribution in [3.8, 4) is 0 Å². The second-order valence-corrected chi connectivity index (χ2v) is 10.6. The lowest BCUT2D eigenvalue weighted by atomic mass is 9.89. The number of hydrogen-bond acceptors (Lipinski definition) is 4. The molecule has 1 aromatic heterocycles. The van der Waals surface area contributed by atoms with Crippen LogP contribution in [0.15, 0.2) is 46.3 Å². The average Bonchev–Trinajstić information content (AvgIpc) is 3.17. The summed E-state index contributed by atoms with van der Waals surface area (Å²) in [6.07, 6.45) is 1.50. The van der Waals surface area contributed by atoms with Crippen molar-refractivity contribution >= 4 is 39.3 Å². The minimum atomic E-state index is -0.913. The van der Waals surface area contributed by atoms with Crippen LogP contribution in [0, 0.1) is 5.41 Å². The van der Waals surface area contributed by atoms with Crippen molar-refractivity contribution in [2.45, 2.75) is 65.6 Å². The number of nitrogens with zero attached hydrogens (tertiary/aromatic N) is 1. The fourth-order valence-electron chi connectivity index (χ4n) is 3.17. The van der Waals surface area contributed by atoms with Gasteiger partial charge in [-0.25, -0.2) is 4.79 Å². The van der Waals surface area contributed by atoms with Gasteiger partial charge in [0.1, 0.15) is 0 Å². The largest absolute Gasteiger partial charge is 0.436 e. The molecule has 0 aliphatic rings. The van der Waals surface area contributed by atoms with E-state index in [-0.39, 0.29) is 11.3 Å².